The third-order valence-electron chi connectivity index (χ3n) is 4.51. The first-order valence-electron chi connectivity index (χ1n) is 8.25. The van der Waals surface area contributed by atoms with Gasteiger partial charge in [-0.15, -0.1) is 0 Å². The van der Waals surface area contributed by atoms with E-state index in [2.05, 4.69) is 40.3 Å². The van der Waals surface area contributed by atoms with Crippen molar-refractivity contribution in [2.24, 2.45) is 0 Å². The Morgan fingerprint density at radius 3 is 2.25 bits per heavy atom. The Hall–Kier alpha value is -3.01. The van der Waals surface area contributed by atoms with Crippen molar-refractivity contribution in [1.82, 2.24) is 19.7 Å². The molecule has 4 nitrogen and oxygen atoms in total. The van der Waals surface area contributed by atoms with E-state index in [1.54, 1.807) is 0 Å². The summed E-state index contributed by atoms with van der Waals surface area (Å²) in [4.78, 5) is 9.12. The van der Waals surface area contributed by atoms with Crippen molar-refractivity contribution < 1.29 is 0 Å². The summed E-state index contributed by atoms with van der Waals surface area (Å²) >= 11 is 0. The van der Waals surface area contributed by atoms with Gasteiger partial charge in [0.15, 0.2) is 0 Å². The van der Waals surface area contributed by atoms with Crippen LogP contribution in [-0.2, 0) is 0 Å². The van der Waals surface area contributed by atoms with Crippen LogP contribution in [0.4, 0.5) is 0 Å². The van der Waals surface area contributed by atoms with E-state index in [0.717, 1.165) is 16.6 Å². The van der Waals surface area contributed by atoms with Gasteiger partial charge in [0.05, 0.1) is 11.2 Å². The summed E-state index contributed by atoms with van der Waals surface area (Å²) in [6.07, 6.45) is 6.19. The minimum atomic E-state index is 0.597. The molecule has 0 amide bonds. The third-order valence-corrected chi connectivity index (χ3v) is 4.51. The molecule has 1 saturated carbocycles. The number of hydrogen-bond donors (Lipinski definition) is 0. The molecule has 5 rings (SSSR count). The largest absolute Gasteiger partial charge is 0.251 e. The average molecular weight is 312 g/mol. The molecule has 0 atom stereocenters. The fourth-order valence-corrected chi connectivity index (χ4v) is 3.11. The minimum Gasteiger partial charge on any atom is -0.219 e. The second kappa shape index (κ2) is 5.27. The van der Waals surface area contributed by atoms with Gasteiger partial charge in [0, 0.05) is 29.3 Å². The average Bonchev–Trinajstić information content (AvgIpc) is 3.43. The van der Waals surface area contributed by atoms with Gasteiger partial charge in [0.2, 0.25) is 0 Å². The molecular formula is C20H16N4. The summed E-state index contributed by atoms with van der Waals surface area (Å²) in [5, 5.41) is 6.03. The smallest absolute Gasteiger partial charge is 0.219 e. The number of para-hydroxylation sites is 1. The predicted molar refractivity (Wildman–Crippen MR) is 94.1 cm³/mol. The van der Waals surface area contributed by atoms with Crippen LogP contribution in [0.1, 0.15) is 24.5 Å². The lowest BCUT2D eigenvalue weighted by Crippen LogP contribution is -2.03. The molecule has 0 spiro atoms. The molecule has 0 saturated heterocycles. The molecule has 1 aliphatic rings. The third kappa shape index (κ3) is 2.19. The van der Waals surface area contributed by atoms with Gasteiger partial charge in [-0.05, 0) is 24.5 Å². The highest BCUT2D eigenvalue weighted by Crippen LogP contribution is 2.42. The van der Waals surface area contributed by atoms with E-state index in [4.69, 9.17) is 5.10 Å². The van der Waals surface area contributed by atoms with Gasteiger partial charge < -0.3 is 0 Å². The fourth-order valence-electron chi connectivity index (χ4n) is 3.11. The van der Waals surface area contributed by atoms with Crippen LogP contribution in [0.2, 0.25) is 0 Å². The minimum absolute atomic E-state index is 0.597. The van der Waals surface area contributed by atoms with Gasteiger partial charge in [-0.1, -0.05) is 48.5 Å². The van der Waals surface area contributed by atoms with Crippen molar-refractivity contribution in [2.75, 3.05) is 0 Å². The maximum absolute atomic E-state index is 4.82. The quantitative estimate of drug-likeness (QED) is 0.564. The van der Waals surface area contributed by atoms with Crippen LogP contribution in [0.5, 0.6) is 0 Å². The van der Waals surface area contributed by atoms with Crippen LogP contribution >= 0.6 is 0 Å². The van der Waals surface area contributed by atoms with Crippen LogP contribution in [0.15, 0.2) is 67.0 Å². The lowest BCUT2D eigenvalue weighted by Gasteiger charge is -2.04. The number of benzene rings is 2. The van der Waals surface area contributed by atoms with Crippen molar-refractivity contribution in [1.29, 1.82) is 0 Å². The van der Waals surface area contributed by atoms with E-state index < -0.39 is 0 Å². The van der Waals surface area contributed by atoms with Crippen LogP contribution in [-0.4, -0.2) is 19.7 Å². The summed E-state index contributed by atoms with van der Waals surface area (Å²) in [5.41, 5.74) is 4.39. The molecule has 0 radical (unpaired) electrons. The van der Waals surface area contributed by atoms with Crippen LogP contribution in [0.25, 0.3) is 28.0 Å². The summed E-state index contributed by atoms with van der Waals surface area (Å²) < 4.78 is 1.87. The lowest BCUT2D eigenvalue weighted by atomic mass is 10.1. The molecule has 4 heteroatoms. The number of rotatable bonds is 3. The number of nitrogens with zero attached hydrogens (tertiary/aromatic N) is 4. The van der Waals surface area contributed by atoms with E-state index in [1.165, 1.54) is 23.9 Å². The topological polar surface area (TPSA) is 43.6 Å². The Morgan fingerprint density at radius 2 is 1.50 bits per heavy atom. The molecule has 116 valence electrons. The van der Waals surface area contributed by atoms with Gasteiger partial charge in [-0.25, -0.2) is 9.97 Å². The molecule has 0 aliphatic heterocycles. The highest BCUT2D eigenvalue weighted by Gasteiger charge is 2.29. The van der Waals surface area contributed by atoms with Gasteiger partial charge in [0.25, 0.3) is 5.95 Å². The first-order valence-corrected chi connectivity index (χ1v) is 8.25. The molecular weight excluding hydrogens is 296 g/mol. The fraction of sp³-hybridized carbons (Fsp3) is 0.150. The Bertz CT molecular complexity index is 999. The van der Waals surface area contributed by atoms with Crippen molar-refractivity contribution in [3.8, 4) is 17.1 Å². The van der Waals surface area contributed by atoms with E-state index in [9.17, 15) is 0 Å². The van der Waals surface area contributed by atoms with Gasteiger partial charge in [0.1, 0.15) is 0 Å². The molecule has 0 bridgehead atoms. The monoisotopic (exact) mass is 312 g/mol. The standard InChI is InChI=1S/C20H16N4/c1-2-6-14(7-3-1)16-12-21-20(22-13-16)24-18-9-5-4-8-17(18)19(23-24)15-10-11-15/h1-9,12-13,15H,10-11H2. The summed E-state index contributed by atoms with van der Waals surface area (Å²) in [6.45, 7) is 0. The van der Waals surface area contributed by atoms with Crippen molar-refractivity contribution >= 4 is 10.9 Å². The molecule has 1 fully saturated rings. The highest BCUT2D eigenvalue weighted by molar-refractivity contribution is 5.84. The van der Waals surface area contributed by atoms with Gasteiger partial charge >= 0.3 is 0 Å². The molecule has 2 heterocycles. The zero-order valence-electron chi connectivity index (χ0n) is 13.1. The van der Waals surface area contributed by atoms with Gasteiger partial charge in [-0.2, -0.15) is 9.78 Å². The molecule has 24 heavy (non-hydrogen) atoms. The first-order chi connectivity index (χ1) is 11.9. The molecule has 0 unspecified atom stereocenters. The molecule has 2 aromatic carbocycles. The van der Waals surface area contributed by atoms with Crippen molar-refractivity contribution in [2.45, 2.75) is 18.8 Å². The highest BCUT2D eigenvalue weighted by atomic mass is 15.4. The van der Waals surface area contributed by atoms with Crippen molar-refractivity contribution in [3.05, 3.63) is 72.7 Å². The second-order valence-electron chi connectivity index (χ2n) is 6.23. The molecule has 1 aliphatic carbocycles. The molecule has 4 aromatic rings. The Labute approximate surface area is 139 Å². The zero-order chi connectivity index (χ0) is 15.9. The van der Waals surface area contributed by atoms with E-state index in [1.807, 2.05) is 41.3 Å². The van der Waals surface area contributed by atoms with E-state index in [-0.39, 0.29) is 0 Å². The number of hydrogen-bond acceptors (Lipinski definition) is 3. The summed E-state index contributed by atoms with van der Waals surface area (Å²) in [5.74, 6) is 1.22. The Balaban J connectivity index is 1.60. The predicted octanol–water partition coefficient (Wildman–Crippen LogP) is 4.36. The van der Waals surface area contributed by atoms with Crippen LogP contribution in [0, 0.1) is 0 Å². The van der Waals surface area contributed by atoms with Crippen LogP contribution in [0.3, 0.4) is 0 Å². The first kappa shape index (κ1) is 13.4. The molecule has 0 N–H and O–H groups in total. The Morgan fingerprint density at radius 1 is 0.792 bits per heavy atom. The lowest BCUT2D eigenvalue weighted by molar-refractivity contribution is 0.803. The SMILES string of the molecule is c1ccc(-c2cnc(-n3nc(C4CC4)c4ccccc43)nc2)cc1. The normalized spacial score (nSPS) is 14.2. The summed E-state index contributed by atoms with van der Waals surface area (Å²) in [7, 11) is 0. The second-order valence-corrected chi connectivity index (χ2v) is 6.23. The van der Waals surface area contributed by atoms with Gasteiger partial charge in [-0.3, -0.25) is 0 Å². The van der Waals surface area contributed by atoms with Crippen LogP contribution < -0.4 is 0 Å². The Kier molecular flexibility index (Phi) is 2.95. The maximum Gasteiger partial charge on any atom is 0.251 e. The van der Waals surface area contributed by atoms with Crippen molar-refractivity contribution in [3.63, 3.8) is 0 Å². The number of aromatic nitrogens is 4. The van der Waals surface area contributed by atoms with E-state index in [0.29, 0.717) is 11.9 Å². The summed E-state index contributed by atoms with van der Waals surface area (Å²) in [6, 6.07) is 18.5. The van der Waals surface area contributed by atoms with E-state index >= 15 is 0 Å². The zero-order valence-corrected chi connectivity index (χ0v) is 13.1. The maximum atomic E-state index is 4.82. The number of fused-ring (bicyclic) bond motifs is 1. The molecule has 2 aromatic heterocycles.